The zero-order valence-electron chi connectivity index (χ0n) is 11.4. The van der Waals surface area contributed by atoms with Gasteiger partial charge in [-0.25, -0.2) is 0 Å². The Bertz CT molecular complexity index is 513. The van der Waals surface area contributed by atoms with Crippen molar-refractivity contribution >= 4 is 17.5 Å². The average Bonchev–Trinajstić information content (AvgIpc) is 2.97. The molecule has 19 heavy (non-hydrogen) atoms. The maximum Gasteiger partial charge on any atom is 0.276 e. The molecule has 0 saturated carbocycles. The summed E-state index contributed by atoms with van der Waals surface area (Å²) in [5, 5.41) is 4.74. The molecule has 104 valence electrons. The first kappa shape index (κ1) is 12.9. The first-order chi connectivity index (χ1) is 9.08. The van der Waals surface area contributed by atoms with E-state index in [-0.39, 0.29) is 5.91 Å². The van der Waals surface area contributed by atoms with Gasteiger partial charge in [0.2, 0.25) is 0 Å². The largest absolute Gasteiger partial charge is 0.334 e. The minimum atomic E-state index is -0.0275. The van der Waals surface area contributed by atoms with Gasteiger partial charge < -0.3 is 4.90 Å². The number of fused-ring (bicyclic) bond motifs is 1. The van der Waals surface area contributed by atoms with Crippen molar-refractivity contribution in [3.63, 3.8) is 0 Å². The molecule has 3 rings (SSSR count). The van der Waals surface area contributed by atoms with E-state index < -0.39 is 0 Å². The summed E-state index contributed by atoms with van der Waals surface area (Å²) in [4.78, 5) is 16.9. The molecule has 6 heteroatoms. The van der Waals surface area contributed by atoms with E-state index in [0.717, 1.165) is 25.3 Å². The number of amides is 1. The molecule has 0 radical (unpaired) electrons. The van der Waals surface area contributed by atoms with Gasteiger partial charge in [-0.1, -0.05) is 11.6 Å². The molecule has 0 aliphatic carbocycles. The van der Waals surface area contributed by atoms with E-state index in [0.29, 0.717) is 16.8 Å². The normalized spacial score (nSPS) is 23.7. The standard InChI is InChI=1S/C13H19ClN4O/c1-9-11(14)12(15-16(9)2)13(19)18-7-6-17-5-3-4-10(17)8-18/h10H,3-8H2,1-2H3. The topological polar surface area (TPSA) is 41.4 Å². The Morgan fingerprint density at radius 1 is 1.37 bits per heavy atom. The Morgan fingerprint density at radius 3 is 2.84 bits per heavy atom. The van der Waals surface area contributed by atoms with E-state index in [1.165, 1.54) is 19.4 Å². The lowest BCUT2D eigenvalue weighted by Gasteiger charge is -2.37. The van der Waals surface area contributed by atoms with E-state index in [2.05, 4.69) is 10.00 Å². The molecule has 2 aliphatic rings. The molecule has 1 unspecified atom stereocenters. The maximum atomic E-state index is 12.5. The highest BCUT2D eigenvalue weighted by atomic mass is 35.5. The number of hydrogen-bond donors (Lipinski definition) is 0. The molecule has 0 bridgehead atoms. The highest BCUT2D eigenvalue weighted by Gasteiger charge is 2.34. The number of aryl methyl sites for hydroxylation is 1. The molecule has 0 spiro atoms. The van der Waals surface area contributed by atoms with Crippen LogP contribution in [-0.2, 0) is 7.05 Å². The van der Waals surface area contributed by atoms with E-state index in [4.69, 9.17) is 11.6 Å². The van der Waals surface area contributed by atoms with Crippen molar-refractivity contribution in [2.75, 3.05) is 26.2 Å². The summed E-state index contributed by atoms with van der Waals surface area (Å²) >= 11 is 6.20. The Kier molecular flexibility index (Phi) is 3.27. The zero-order valence-corrected chi connectivity index (χ0v) is 12.2. The maximum absolute atomic E-state index is 12.5. The van der Waals surface area contributed by atoms with Crippen LogP contribution in [-0.4, -0.2) is 57.7 Å². The molecule has 1 aromatic heterocycles. The van der Waals surface area contributed by atoms with Crippen molar-refractivity contribution in [2.24, 2.45) is 7.05 Å². The molecule has 3 heterocycles. The fraction of sp³-hybridized carbons (Fsp3) is 0.692. The quantitative estimate of drug-likeness (QED) is 0.780. The highest BCUT2D eigenvalue weighted by molar-refractivity contribution is 6.34. The molecule has 2 aliphatic heterocycles. The summed E-state index contributed by atoms with van der Waals surface area (Å²) in [6.45, 7) is 5.61. The van der Waals surface area contributed by atoms with E-state index in [1.807, 2.05) is 18.9 Å². The lowest BCUT2D eigenvalue weighted by Crippen LogP contribution is -2.52. The molecular weight excluding hydrogens is 264 g/mol. The van der Waals surface area contributed by atoms with Gasteiger partial charge in [-0.2, -0.15) is 5.10 Å². The first-order valence-corrected chi connectivity index (χ1v) is 7.18. The van der Waals surface area contributed by atoms with Gasteiger partial charge in [0.05, 0.1) is 10.7 Å². The van der Waals surface area contributed by atoms with Crippen LogP contribution in [0, 0.1) is 6.92 Å². The third-order valence-corrected chi connectivity index (χ3v) is 4.79. The predicted octanol–water partition coefficient (Wildman–Crippen LogP) is 1.30. The van der Waals surface area contributed by atoms with Gasteiger partial charge in [0, 0.05) is 32.7 Å². The van der Waals surface area contributed by atoms with E-state index in [9.17, 15) is 4.79 Å². The number of nitrogens with zero attached hydrogens (tertiary/aromatic N) is 4. The molecule has 1 atom stereocenters. The molecule has 2 fully saturated rings. The predicted molar refractivity (Wildman–Crippen MR) is 73.5 cm³/mol. The van der Waals surface area contributed by atoms with Crippen molar-refractivity contribution in [3.05, 3.63) is 16.4 Å². The van der Waals surface area contributed by atoms with Crippen LogP contribution in [0.15, 0.2) is 0 Å². The summed E-state index contributed by atoms with van der Waals surface area (Å²) in [7, 11) is 1.81. The van der Waals surface area contributed by atoms with Gasteiger partial charge >= 0.3 is 0 Å². The molecule has 2 saturated heterocycles. The second-order valence-electron chi connectivity index (χ2n) is 5.45. The van der Waals surface area contributed by atoms with Crippen molar-refractivity contribution in [2.45, 2.75) is 25.8 Å². The number of halogens is 1. The van der Waals surface area contributed by atoms with Gasteiger partial charge in [-0.05, 0) is 26.3 Å². The lowest BCUT2D eigenvalue weighted by atomic mass is 10.1. The molecule has 1 aromatic rings. The SMILES string of the molecule is Cc1c(Cl)c(C(=O)N2CCN3CCCC3C2)nn1C. The van der Waals surface area contributed by atoms with Gasteiger partial charge in [0.1, 0.15) is 0 Å². The van der Waals surface area contributed by atoms with Crippen LogP contribution in [0.25, 0.3) is 0 Å². The van der Waals surface area contributed by atoms with Crippen LogP contribution in [0.3, 0.4) is 0 Å². The van der Waals surface area contributed by atoms with Crippen LogP contribution in [0.1, 0.15) is 29.0 Å². The van der Waals surface area contributed by atoms with Crippen molar-refractivity contribution in [1.29, 1.82) is 0 Å². The summed E-state index contributed by atoms with van der Waals surface area (Å²) in [5.41, 5.74) is 1.23. The lowest BCUT2D eigenvalue weighted by molar-refractivity contribution is 0.0565. The minimum Gasteiger partial charge on any atom is -0.334 e. The Hall–Kier alpha value is -1.07. The Balaban J connectivity index is 1.78. The monoisotopic (exact) mass is 282 g/mol. The number of carbonyl (C=O) groups is 1. The van der Waals surface area contributed by atoms with E-state index in [1.54, 1.807) is 4.68 Å². The van der Waals surface area contributed by atoms with Crippen molar-refractivity contribution in [1.82, 2.24) is 19.6 Å². The van der Waals surface area contributed by atoms with Gasteiger partial charge in [0.25, 0.3) is 5.91 Å². The second-order valence-corrected chi connectivity index (χ2v) is 5.83. The molecule has 0 aromatic carbocycles. The van der Waals surface area contributed by atoms with Gasteiger partial charge in [-0.3, -0.25) is 14.4 Å². The fourth-order valence-electron chi connectivity index (χ4n) is 3.04. The van der Waals surface area contributed by atoms with Crippen LogP contribution < -0.4 is 0 Å². The van der Waals surface area contributed by atoms with Crippen LogP contribution in [0.2, 0.25) is 5.02 Å². The molecular formula is C13H19ClN4O. The third-order valence-electron chi connectivity index (χ3n) is 4.34. The minimum absolute atomic E-state index is 0.0275. The Labute approximate surface area is 118 Å². The molecule has 1 amide bonds. The third kappa shape index (κ3) is 2.15. The number of rotatable bonds is 1. The number of hydrogen-bond acceptors (Lipinski definition) is 3. The van der Waals surface area contributed by atoms with E-state index >= 15 is 0 Å². The summed E-state index contributed by atoms with van der Waals surface area (Å²) in [6, 6.07) is 0.529. The smallest absolute Gasteiger partial charge is 0.276 e. The first-order valence-electron chi connectivity index (χ1n) is 6.80. The van der Waals surface area contributed by atoms with Crippen LogP contribution >= 0.6 is 11.6 Å². The number of carbonyl (C=O) groups excluding carboxylic acids is 1. The number of piperazine rings is 1. The van der Waals surface area contributed by atoms with Crippen LogP contribution in [0.5, 0.6) is 0 Å². The summed E-state index contributed by atoms with van der Waals surface area (Å²) in [5.74, 6) is -0.0275. The zero-order chi connectivity index (χ0) is 13.6. The molecule has 0 N–H and O–H groups in total. The van der Waals surface area contributed by atoms with Crippen LogP contribution in [0.4, 0.5) is 0 Å². The van der Waals surface area contributed by atoms with Gasteiger partial charge in [-0.15, -0.1) is 0 Å². The molecule has 5 nitrogen and oxygen atoms in total. The second kappa shape index (κ2) is 4.80. The van der Waals surface area contributed by atoms with Gasteiger partial charge in [0.15, 0.2) is 5.69 Å². The summed E-state index contributed by atoms with van der Waals surface area (Å²) < 4.78 is 1.67. The highest BCUT2D eigenvalue weighted by Crippen LogP contribution is 2.25. The fourth-order valence-corrected chi connectivity index (χ4v) is 3.29. The Morgan fingerprint density at radius 2 is 2.16 bits per heavy atom. The summed E-state index contributed by atoms with van der Waals surface area (Å²) in [6.07, 6.45) is 2.44. The average molecular weight is 283 g/mol. The van der Waals surface area contributed by atoms with Crippen molar-refractivity contribution < 1.29 is 4.79 Å². The van der Waals surface area contributed by atoms with Crippen molar-refractivity contribution in [3.8, 4) is 0 Å². The number of aromatic nitrogens is 2.